The average Bonchev–Trinajstić information content (AvgIpc) is 2.49. The Balaban J connectivity index is 1.88. The lowest BCUT2D eigenvalue weighted by Gasteiger charge is -2.27. The van der Waals surface area contributed by atoms with Crippen molar-refractivity contribution in [3.63, 3.8) is 0 Å². The van der Waals surface area contributed by atoms with Gasteiger partial charge in [-0.15, -0.1) is 0 Å². The van der Waals surface area contributed by atoms with Crippen LogP contribution >= 0.6 is 0 Å². The molecule has 0 radical (unpaired) electrons. The normalized spacial score (nSPS) is 21.9. The zero-order chi connectivity index (χ0) is 15.7. The van der Waals surface area contributed by atoms with E-state index < -0.39 is 5.92 Å². The van der Waals surface area contributed by atoms with Gasteiger partial charge in [-0.05, 0) is 36.5 Å². The Morgan fingerprint density at radius 1 is 0.864 bits per heavy atom. The second-order valence-corrected chi connectivity index (χ2v) is 6.24. The average molecular weight is 292 g/mol. The van der Waals surface area contributed by atoms with E-state index in [4.69, 9.17) is 0 Å². The van der Waals surface area contributed by atoms with Gasteiger partial charge in [-0.1, -0.05) is 54.1 Å². The van der Waals surface area contributed by atoms with Crippen molar-refractivity contribution in [1.29, 1.82) is 0 Å². The summed E-state index contributed by atoms with van der Waals surface area (Å²) in [5.74, 6) is -0.433. The van der Waals surface area contributed by atoms with Gasteiger partial charge in [0.25, 0.3) is 0 Å². The molecule has 2 heteroatoms. The summed E-state index contributed by atoms with van der Waals surface area (Å²) in [4.78, 5) is 25.2. The Morgan fingerprint density at radius 3 is 2.09 bits per heavy atom. The summed E-state index contributed by atoms with van der Waals surface area (Å²) in [5, 5.41) is 0. The van der Waals surface area contributed by atoms with Crippen LogP contribution in [0.3, 0.4) is 0 Å². The van der Waals surface area contributed by atoms with Gasteiger partial charge >= 0.3 is 0 Å². The van der Waals surface area contributed by atoms with Crippen molar-refractivity contribution in [3.05, 3.63) is 70.8 Å². The molecule has 0 amide bonds. The maximum Gasteiger partial charge on any atom is 0.148 e. The van der Waals surface area contributed by atoms with Crippen molar-refractivity contribution in [2.45, 2.75) is 38.5 Å². The molecule has 2 aromatic rings. The summed E-state index contributed by atoms with van der Waals surface area (Å²) >= 11 is 0. The molecule has 1 fully saturated rings. The van der Waals surface area contributed by atoms with E-state index in [-0.39, 0.29) is 17.5 Å². The molecule has 3 rings (SSSR count). The second kappa shape index (κ2) is 5.88. The van der Waals surface area contributed by atoms with Crippen LogP contribution in [0.2, 0.25) is 0 Å². The van der Waals surface area contributed by atoms with Crippen LogP contribution in [0.4, 0.5) is 0 Å². The predicted molar refractivity (Wildman–Crippen MR) is 87.1 cm³/mol. The van der Waals surface area contributed by atoms with E-state index in [9.17, 15) is 9.59 Å². The first-order valence-electron chi connectivity index (χ1n) is 7.74. The first-order chi connectivity index (χ1) is 10.6. The van der Waals surface area contributed by atoms with Gasteiger partial charge in [-0.3, -0.25) is 9.59 Å². The third-order valence-electron chi connectivity index (χ3n) is 4.55. The molecule has 0 atom stereocenters. The van der Waals surface area contributed by atoms with Gasteiger partial charge in [0.05, 0.1) is 0 Å². The van der Waals surface area contributed by atoms with Crippen molar-refractivity contribution in [3.8, 4) is 0 Å². The Bertz CT molecular complexity index is 698. The highest BCUT2D eigenvalue weighted by Gasteiger charge is 2.37. The van der Waals surface area contributed by atoms with Crippen molar-refractivity contribution in [2.24, 2.45) is 0 Å². The molecule has 2 aromatic carbocycles. The summed E-state index contributed by atoms with van der Waals surface area (Å²) in [6.45, 7) is 4.00. The van der Waals surface area contributed by atoms with E-state index >= 15 is 0 Å². The van der Waals surface area contributed by atoms with E-state index in [2.05, 4.69) is 0 Å². The standard InChI is InChI=1S/C20H20O2/c1-13-8-9-17(14(2)10-13)20-18(21)11-16(12-19(20)22)15-6-4-3-5-7-15/h3-10,16,20H,11-12H2,1-2H3. The lowest BCUT2D eigenvalue weighted by molar-refractivity contribution is -0.132. The summed E-state index contributed by atoms with van der Waals surface area (Å²) in [5.41, 5.74) is 4.15. The molecule has 0 spiro atoms. The van der Waals surface area contributed by atoms with E-state index in [1.807, 2.05) is 62.4 Å². The predicted octanol–water partition coefficient (Wildman–Crippen LogP) is 4.10. The number of aryl methyl sites for hydroxylation is 2. The maximum atomic E-state index is 12.6. The Kier molecular flexibility index (Phi) is 3.93. The number of hydrogen-bond acceptors (Lipinski definition) is 2. The molecule has 0 heterocycles. The third kappa shape index (κ3) is 2.74. The van der Waals surface area contributed by atoms with Crippen LogP contribution in [-0.2, 0) is 9.59 Å². The molecule has 0 N–H and O–H groups in total. The van der Waals surface area contributed by atoms with E-state index in [1.165, 1.54) is 0 Å². The highest BCUT2D eigenvalue weighted by atomic mass is 16.2. The molecule has 1 saturated carbocycles. The van der Waals surface area contributed by atoms with Crippen molar-refractivity contribution in [2.75, 3.05) is 0 Å². The topological polar surface area (TPSA) is 34.1 Å². The minimum atomic E-state index is -0.569. The van der Waals surface area contributed by atoms with Crippen LogP contribution in [0, 0.1) is 13.8 Å². The molecule has 112 valence electrons. The van der Waals surface area contributed by atoms with E-state index in [0.29, 0.717) is 12.8 Å². The SMILES string of the molecule is Cc1ccc(C2C(=O)CC(c3ccccc3)CC2=O)c(C)c1. The van der Waals surface area contributed by atoms with Gasteiger partial charge in [-0.25, -0.2) is 0 Å². The number of hydrogen-bond donors (Lipinski definition) is 0. The highest BCUT2D eigenvalue weighted by molar-refractivity contribution is 6.10. The van der Waals surface area contributed by atoms with Crippen molar-refractivity contribution in [1.82, 2.24) is 0 Å². The lowest BCUT2D eigenvalue weighted by Crippen LogP contribution is -2.31. The summed E-state index contributed by atoms with van der Waals surface area (Å²) < 4.78 is 0. The number of carbonyl (C=O) groups excluding carboxylic acids is 2. The fraction of sp³-hybridized carbons (Fsp3) is 0.300. The second-order valence-electron chi connectivity index (χ2n) is 6.24. The molecule has 0 aromatic heterocycles. The van der Waals surface area contributed by atoms with Crippen LogP contribution in [0.1, 0.15) is 46.9 Å². The molecular weight excluding hydrogens is 272 g/mol. The third-order valence-corrected chi connectivity index (χ3v) is 4.55. The van der Waals surface area contributed by atoms with Crippen LogP contribution in [-0.4, -0.2) is 11.6 Å². The molecule has 0 bridgehead atoms. The van der Waals surface area contributed by atoms with E-state index in [1.54, 1.807) is 0 Å². The van der Waals surface area contributed by atoms with Gasteiger partial charge in [0.2, 0.25) is 0 Å². The summed E-state index contributed by atoms with van der Waals surface area (Å²) in [6, 6.07) is 15.8. The minimum absolute atomic E-state index is 0.0307. The van der Waals surface area contributed by atoms with Gasteiger partial charge in [0, 0.05) is 12.8 Å². The van der Waals surface area contributed by atoms with Crippen LogP contribution in [0.25, 0.3) is 0 Å². The van der Waals surface area contributed by atoms with Gasteiger partial charge in [0.15, 0.2) is 0 Å². The van der Waals surface area contributed by atoms with Crippen LogP contribution in [0.5, 0.6) is 0 Å². The fourth-order valence-corrected chi connectivity index (χ4v) is 3.43. The van der Waals surface area contributed by atoms with Gasteiger partial charge in [0.1, 0.15) is 17.5 Å². The highest BCUT2D eigenvalue weighted by Crippen LogP contribution is 2.37. The number of rotatable bonds is 2. The molecule has 22 heavy (non-hydrogen) atoms. The quantitative estimate of drug-likeness (QED) is 0.781. The Morgan fingerprint density at radius 2 is 1.50 bits per heavy atom. The zero-order valence-electron chi connectivity index (χ0n) is 13.0. The minimum Gasteiger partial charge on any atom is -0.298 e. The molecule has 2 nitrogen and oxygen atoms in total. The fourth-order valence-electron chi connectivity index (χ4n) is 3.43. The monoisotopic (exact) mass is 292 g/mol. The van der Waals surface area contributed by atoms with Crippen LogP contribution in [0.15, 0.2) is 48.5 Å². The molecule has 0 aliphatic heterocycles. The first kappa shape index (κ1) is 14.7. The molecule has 1 aliphatic carbocycles. The first-order valence-corrected chi connectivity index (χ1v) is 7.74. The number of carbonyl (C=O) groups is 2. The lowest BCUT2D eigenvalue weighted by atomic mass is 9.73. The molecule has 1 aliphatic rings. The molecular formula is C20H20O2. The van der Waals surface area contributed by atoms with Crippen molar-refractivity contribution < 1.29 is 9.59 Å². The van der Waals surface area contributed by atoms with Crippen LogP contribution < -0.4 is 0 Å². The molecule has 0 saturated heterocycles. The smallest absolute Gasteiger partial charge is 0.148 e. The number of benzene rings is 2. The Labute approximate surface area is 131 Å². The molecule has 0 unspecified atom stereocenters. The van der Waals surface area contributed by atoms with Gasteiger partial charge < -0.3 is 0 Å². The van der Waals surface area contributed by atoms with Crippen molar-refractivity contribution >= 4 is 11.6 Å². The number of Topliss-reactive ketones (excluding diaryl/α,β-unsaturated/α-hetero) is 2. The van der Waals surface area contributed by atoms with Gasteiger partial charge in [-0.2, -0.15) is 0 Å². The maximum absolute atomic E-state index is 12.6. The van der Waals surface area contributed by atoms with E-state index in [0.717, 1.165) is 22.3 Å². The zero-order valence-corrected chi connectivity index (χ0v) is 13.0. The summed E-state index contributed by atoms with van der Waals surface area (Å²) in [7, 11) is 0. The Hall–Kier alpha value is -2.22. The largest absolute Gasteiger partial charge is 0.298 e. The number of ketones is 2. The summed E-state index contributed by atoms with van der Waals surface area (Å²) in [6.07, 6.45) is 0.904.